The molecule has 0 aromatic rings. The number of carbonyl (C=O) groups is 2. The fourth-order valence-corrected chi connectivity index (χ4v) is 1.57. The maximum Gasteiger partial charge on any atom is 0.235 e. The van der Waals surface area contributed by atoms with Crippen molar-refractivity contribution >= 4 is 11.8 Å². The smallest absolute Gasteiger partial charge is 0.235 e. The van der Waals surface area contributed by atoms with Crippen molar-refractivity contribution in [1.82, 2.24) is 10.6 Å². The van der Waals surface area contributed by atoms with Crippen molar-refractivity contribution < 1.29 is 9.59 Å². The average Bonchev–Trinajstić information content (AvgIpc) is 2.13. The van der Waals surface area contributed by atoms with Crippen molar-refractivity contribution in [1.29, 1.82) is 0 Å². The highest BCUT2D eigenvalue weighted by Crippen LogP contribution is 2.25. The van der Waals surface area contributed by atoms with Crippen LogP contribution >= 0.6 is 0 Å². The van der Waals surface area contributed by atoms with E-state index >= 15 is 0 Å². The first-order chi connectivity index (χ1) is 6.98. The summed E-state index contributed by atoms with van der Waals surface area (Å²) >= 11 is 0. The van der Waals surface area contributed by atoms with Gasteiger partial charge in [0.15, 0.2) is 0 Å². The van der Waals surface area contributed by atoms with Crippen LogP contribution in [0.4, 0.5) is 0 Å². The average molecular weight is 212 g/mol. The van der Waals surface area contributed by atoms with Gasteiger partial charge in [0.2, 0.25) is 11.8 Å². The van der Waals surface area contributed by atoms with Gasteiger partial charge in [-0.25, -0.2) is 0 Å². The van der Waals surface area contributed by atoms with E-state index in [1.54, 1.807) is 20.9 Å². The molecular formula is C11H20N2O2. The van der Waals surface area contributed by atoms with E-state index in [0.29, 0.717) is 12.5 Å². The molecule has 0 heterocycles. The van der Waals surface area contributed by atoms with Crippen molar-refractivity contribution in [3.63, 3.8) is 0 Å². The van der Waals surface area contributed by atoms with E-state index in [2.05, 4.69) is 10.6 Å². The minimum Gasteiger partial charge on any atom is -0.358 e. The van der Waals surface area contributed by atoms with Crippen LogP contribution < -0.4 is 10.6 Å². The van der Waals surface area contributed by atoms with Crippen LogP contribution in [0, 0.1) is 11.3 Å². The molecular weight excluding hydrogens is 192 g/mol. The first kappa shape index (κ1) is 12.0. The van der Waals surface area contributed by atoms with Crippen LogP contribution in [-0.2, 0) is 9.59 Å². The Morgan fingerprint density at radius 3 is 2.27 bits per heavy atom. The molecule has 0 spiro atoms. The molecule has 4 heteroatoms. The Labute approximate surface area is 90.8 Å². The van der Waals surface area contributed by atoms with Gasteiger partial charge in [-0.05, 0) is 32.6 Å². The lowest BCUT2D eigenvalue weighted by molar-refractivity contribution is -0.141. The van der Waals surface area contributed by atoms with Gasteiger partial charge in [0.25, 0.3) is 0 Å². The molecule has 0 atom stereocenters. The molecule has 1 aliphatic rings. The van der Waals surface area contributed by atoms with Crippen molar-refractivity contribution in [3.05, 3.63) is 0 Å². The second-order valence-electron chi connectivity index (χ2n) is 4.71. The second-order valence-corrected chi connectivity index (χ2v) is 4.71. The summed E-state index contributed by atoms with van der Waals surface area (Å²) in [5.41, 5.74) is -0.974. The van der Waals surface area contributed by atoms with E-state index in [1.807, 2.05) is 0 Å². The van der Waals surface area contributed by atoms with E-state index in [1.165, 1.54) is 19.3 Å². The molecule has 0 bridgehead atoms. The van der Waals surface area contributed by atoms with Crippen LogP contribution in [0.2, 0.25) is 0 Å². The molecule has 4 nitrogen and oxygen atoms in total. The molecule has 1 rings (SSSR count). The third-order valence-electron chi connectivity index (χ3n) is 3.14. The molecule has 15 heavy (non-hydrogen) atoms. The normalized spacial score (nSPS) is 16.7. The number of amides is 2. The van der Waals surface area contributed by atoms with Crippen molar-refractivity contribution in [3.8, 4) is 0 Å². The molecule has 2 N–H and O–H groups in total. The lowest BCUT2D eigenvalue weighted by Crippen LogP contribution is -2.48. The number of hydrogen-bond acceptors (Lipinski definition) is 2. The summed E-state index contributed by atoms with van der Waals surface area (Å²) in [6.07, 6.45) is 3.65. The van der Waals surface area contributed by atoms with Crippen LogP contribution in [-0.4, -0.2) is 25.4 Å². The van der Waals surface area contributed by atoms with Crippen molar-refractivity contribution in [2.24, 2.45) is 11.3 Å². The highest BCUT2D eigenvalue weighted by molar-refractivity contribution is 6.04. The monoisotopic (exact) mass is 212 g/mol. The fraction of sp³-hybridized carbons (Fsp3) is 0.818. The first-order valence-corrected chi connectivity index (χ1v) is 5.49. The van der Waals surface area contributed by atoms with Gasteiger partial charge in [0.05, 0.1) is 0 Å². The zero-order valence-electron chi connectivity index (χ0n) is 9.72. The summed E-state index contributed by atoms with van der Waals surface area (Å²) in [5.74, 6) is 0.191. The van der Waals surface area contributed by atoms with Gasteiger partial charge in [0.1, 0.15) is 5.41 Å². The second kappa shape index (κ2) is 4.64. The Morgan fingerprint density at radius 2 is 1.87 bits per heavy atom. The zero-order valence-corrected chi connectivity index (χ0v) is 9.72. The minimum atomic E-state index is -0.974. The van der Waals surface area contributed by atoms with E-state index in [9.17, 15) is 9.59 Å². The van der Waals surface area contributed by atoms with Crippen molar-refractivity contribution in [2.45, 2.75) is 33.1 Å². The lowest BCUT2D eigenvalue weighted by atomic mass is 9.84. The third-order valence-corrected chi connectivity index (χ3v) is 3.14. The number of carbonyl (C=O) groups excluding carboxylic acids is 2. The summed E-state index contributed by atoms with van der Waals surface area (Å²) in [7, 11) is 1.54. The Kier molecular flexibility index (Phi) is 3.72. The van der Waals surface area contributed by atoms with E-state index in [4.69, 9.17) is 0 Å². The summed E-state index contributed by atoms with van der Waals surface area (Å²) in [5, 5.41) is 5.34. The van der Waals surface area contributed by atoms with E-state index in [0.717, 1.165) is 0 Å². The molecule has 0 saturated heterocycles. The molecule has 86 valence electrons. The van der Waals surface area contributed by atoms with Gasteiger partial charge in [-0.2, -0.15) is 0 Å². The largest absolute Gasteiger partial charge is 0.358 e. The van der Waals surface area contributed by atoms with Crippen LogP contribution in [0.3, 0.4) is 0 Å². The molecule has 1 fully saturated rings. The van der Waals surface area contributed by atoms with Gasteiger partial charge >= 0.3 is 0 Å². The zero-order chi connectivity index (χ0) is 11.5. The van der Waals surface area contributed by atoms with Gasteiger partial charge in [-0.3, -0.25) is 9.59 Å². The molecule has 1 aliphatic carbocycles. The number of nitrogens with one attached hydrogen (secondary N) is 2. The van der Waals surface area contributed by atoms with Crippen LogP contribution in [0.25, 0.3) is 0 Å². The Hall–Kier alpha value is -1.06. The Bertz CT molecular complexity index is 257. The minimum absolute atomic E-state index is 0.186. The molecule has 0 aromatic carbocycles. The van der Waals surface area contributed by atoms with Crippen LogP contribution in [0.15, 0.2) is 0 Å². The molecule has 0 aromatic heterocycles. The number of hydrogen-bond donors (Lipinski definition) is 2. The maximum absolute atomic E-state index is 11.7. The molecule has 1 saturated carbocycles. The molecule has 0 unspecified atom stereocenters. The van der Waals surface area contributed by atoms with Gasteiger partial charge in [-0.1, -0.05) is 6.42 Å². The topological polar surface area (TPSA) is 58.2 Å². The molecule has 0 aliphatic heterocycles. The highest BCUT2D eigenvalue weighted by atomic mass is 16.2. The SMILES string of the molecule is CNC(=O)C(C)(C)C(=O)NCC1CCC1. The lowest BCUT2D eigenvalue weighted by Gasteiger charge is -2.28. The standard InChI is InChI=1S/C11H20N2O2/c1-11(2,9(14)12-3)10(15)13-7-8-5-4-6-8/h8H,4-7H2,1-3H3,(H,12,14)(H,13,15). The number of rotatable bonds is 4. The van der Waals surface area contributed by atoms with E-state index < -0.39 is 5.41 Å². The van der Waals surface area contributed by atoms with Crippen LogP contribution in [0.5, 0.6) is 0 Å². The fourth-order valence-electron chi connectivity index (χ4n) is 1.57. The Balaban J connectivity index is 2.40. The summed E-state index contributed by atoms with van der Waals surface area (Å²) in [6.45, 7) is 3.99. The van der Waals surface area contributed by atoms with Gasteiger partial charge in [0, 0.05) is 13.6 Å². The summed E-state index contributed by atoms with van der Waals surface area (Å²) in [6, 6.07) is 0. The highest BCUT2D eigenvalue weighted by Gasteiger charge is 2.35. The molecule has 2 amide bonds. The first-order valence-electron chi connectivity index (χ1n) is 5.49. The van der Waals surface area contributed by atoms with Crippen LogP contribution in [0.1, 0.15) is 33.1 Å². The van der Waals surface area contributed by atoms with Crippen molar-refractivity contribution in [2.75, 3.05) is 13.6 Å². The molecule has 0 radical (unpaired) electrons. The van der Waals surface area contributed by atoms with E-state index in [-0.39, 0.29) is 11.8 Å². The third kappa shape index (κ3) is 2.70. The predicted octanol–water partition coefficient (Wildman–Crippen LogP) is 0.675. The van der Waals surface area contributed by atoms with Gasteiger partial charge in [-0.15, -0.1) is 0 Å². The summed E-state index contributed by atoms with van der Waals surface area (Å²) < 4.78 is 0. The maximum atomic E-state index is 11.7. The predicted molar refractivity (Wildman–Crippen MR) is 58.2 cm³/mol. The Morgan fingerprint density at radius 1 is 1.27 bits per heavy atom. The summed E-state index contributed by atoms with van der Waals surface area (Å²) in [4.78, 5) is 23.2. The quantitative estimate of drug-likeness (QED) is 0.673. The van der Waals surface area contributed by atoms with Gasteiger partial charge < -0.3 is 10.6 Å².